The summed E-state index contributed by atoms with van der Waals surface area (Å²) in [6, 6.07) is 3.80. The van der Waals surface area contributed by atoms with Crippen LogP contribution >= 0.6 is 0 Å². The van der Waals surface area contributed by atoms with E-state index in [1.54, 1.807) is 0 Å². The molecule has 0 spiro atoms. The lowest BCUT2D eigenvalue weighted by atomic mass is 10.3. The molecule has 1 atom stereocenters. The van der Waals surface area contributed by atoms with Gasteiger partial charge in [0.15, 0.2) is 5.25 Å². The lowest BCUT2D eigenvalue weighted by Gasteiger charge is -2.12. The molecule has 0 aliphatic heterocycles. The molecule has 0 amide bonds. The maximum atomic E-state index is 13.1. The predicted molar refractivity (Wildman–Crippen MR) is 65.4 cm³/mol. The summed E-state index contributed by atoms with van der Waals surface area (Å²) < 4.78 is 60.6. The molecular formula is C9H10FN3O4S2. The average Bonchev–Trinajstić information content (AvgIpc) is 2.25. The van der Waals surface area contributed by atoms with Gasteiger partial charge in [0, 0.05) is 0 Å². The maximum Gasteiger partial charge on any atom is 0.248 e. The van der Waals surface area contributed by atoms with E-state index in [-0.39, 0.29) is 0 Å². The topological polar surface area (TPSA) is 130 Å². The van der Waals surface area contributed by atoms with E-state index in [1.807, 2.05) is 4.72 Å². The Bertz CT molecular complexity index is 737. The number of primary sulfonamides is 1. The van der Waals surface area contributed by atoms with Gasteiger partial charge in [-0.2, -0.15) is 5.26 Å². The number of nitrogens with one attached hydrogen (secondary N) is 1. The zero-order valence-electron chi connectivity index (χ0n) is 9.66. The van der Waals surface area contributed by atoms with Crippen LogP contribution in [-0.4, -0.2) is 22.1 Å². The summed E-state index contributed by atoms with van der Waals surface area (Å²) >= 11 is 0. The first-order valence-corrected chi connectivity index (χ1v) is 7.91. The Morgan fingerprint density at radius 2 is 1.95 bits per heavy atom. The third-order valence-electron chi connectivity index (χ3n) is 2.15. The molecule has 19 heavy (non-hydrogen) atoms. The number of hydrogen-bond donors (Lipinski definition) is 2. The van der Waals surface area contributed by atoms with Gasteiger partial charge in [0.25, 0.3) is 0 Å². The fraction of sp³-hybridized carbons (Fsp3) is 0.222. The molecule has 0 aliphatic rings. The van der Waals surface area contributed by atoms with Crippen LogP contribution in [0.2, 0.25) is 0 Å². The lowest BCUT2D eigenvalue weighted by molar-refractivity contribution is 0.596. The van der Waals surface area contributed by atoms with E-state index in [0.717, 1.165) is 19.1 Å². The van der Waals surface area contributed by atoms with Gasteiger partial charge in [-0.1, -0.05) is 0 Å². The van der Waals surface area contributed by atoms with E-state index in [0.29, 0.717) is 6.07 Å². The normalized spacial score (nSPS) is 13.6. The second-order valence-corrected chi connectivity index (χ2v) is 7.13. The summed E-state index contributed by atoms with van der Waals surface area (Å²) in [6.07, 6.45) is 0. The minimum atomic E-state index is -4.23. The lowest BCUT2D eigenvalue weighted by Crippen LogP contribution is -2.25. The number of sulfonamides is 2. The van der Waals surface area contributed by atoms with Crippen molar-refractivity contribution in [3.05, 3.63) is 24.0 Å². The van der Waals surface area contributed by atoms with Crippen molar-refractivity contribution in [3.63, 3.8) is 0 Å². The SMILES string of the molecule is CC(C#N)S(=O)(=O)Nc1cc(F)ccc1S(N)(=O)=O. The largest absolute Gasteiger partial charge is 0.281 e. The highest BCUT2D eigenvalue weighted by molar-refractivity contribution is 7.93. The number of anilines is 1. The Labute approximate surface area is 109 Å². The van der Waals surface area contributed by atoms with Crippen LogP contribution < -0.4 is 9.86 Å². The van der Waals surface area contributed by atoms with Gasteiger partial charge in [-0.05, 0) is 25.1 Å². The molecule has 7 nitrogen and oxygen atoms in total. The smallest absolute Gasteiger partial charge is 0.248 e. The summed E-state index contributed by atoms with van der Waals surface area (Å²) in [4.78, 5) is -0.581. The summed E-state index contributed by atoms with van der Waals surface area (Å²) in [6.45, 7) is 1.10. The predicted octanol–water partition coefficient (Wildman–Crippen LogP) is 0.127. The molecule has 1 aromatic rings. The van der Waals surface area contributed by atoms with E-state index in [4.69, 9.17) is 10.4 Å². The highest BCUT2D eigenvalue weighted by Gasteiger charge is 2.24. The molecule has 1 aromatic carbocycles. The van der Waals surface area contributed by atoms with Crippen molar-refractivity contribution in [2.75, 3.05) is 4.72 Å². The van der Waals surface area contributed by atoms with E-state index >= 15 is 0 Å². The minimum Gasteiger partial charge on any atom is -0.281 e. The van der Waals surface area contributed by atoms with Crippen LogP contribution in [-0.2, 0) is 20.0 Å². The maximum absolute atomic E-state index is 13.1. The quantitative estimate of drug-likeness (QED) is 0.816. The molecule has 1 rings (SSSR count). The molecule has 0 bridgehead atoms. The van der Waals surface area contributed by atoms with E-state index in [1.165, 1.54) is 6.07 Å². The molecule has 0 fully saturated rings. The molecule has 104 valence electrons. The number of hydrogen-bond acceptors (Lipinski definition) is 5. The second-order valence-electron chi connectivity index (χ2n) is 3.60. The molecule has 0 heterocycles. The zero-order chi connectivity index (χ0) is 14.8. The van der Waals surface area contributed by atoms with E-state index < -0.39 is 41.7 Å². The molecule has 0 saturated heterocycles. The van der Waals surface area contributed by atoms with Crippen LogP contribution in [0.25, 0.3) is 0 Å². The third kappa shape index (κ3) is 3.63. The molecule has 0 radical (unpaired) electrons. The van der Waals surface area contributed by atoms with Crippen molar-refractivity contribution in [2.24, 2.45) is 5.14 Å². The highest BCUT2D eigenvalue weighted by Crippen LogP contribution is 2.23. The molecule has 1 unspecified atom stereocenters. The van der Waals surface area contributed by atoms with Crippen LogP contribution in [0.4, 0.5) is 10.1 Å². The second kappa shape index (κ2) is 5.12. The van der Waals surface area contributed by atoms with Crippen LogP contribution in [0.15, 0.2) is 23.1 Å². The van der Waals surface area contributed by atoms with Gasteiger partial charge in [0.05, 0.1) is 11.8 Å². The first-order chi connectivity index (χ1) is 8.58. The Kier molecular flexibility index (Phi) is 4.14. The van der Waals surface area contributed by atoms with Crippen molar-refractivity contribution in [3.8, 4) is 6.07 Å². The number of nitrogens with two attached hydrogens (primary N) is 1. The molecular weight excluding hydrogens is 297 g/mol. The molecule has 3 N–H and O–H groups in total. The van der Waals surface area contributed by atoms with Gasteiger partial charge >= 0.3 is 0 Å². The van der Waals surface area contributed by atoms with Gasteiger partial charge in [0.1, 0.15) is 10.7 Å². The summed E-state index contributed by atoms with van der Waals surface area (Å²) in [5.41, 5.74) is -0.537. The number of rotatable bonds is 4. The summed E-state index contributed by atoms with van der Waals surface area (Å²) in [5, 5.41) is 12.0. The van der Waals surface area contributed by atoms with Crippen molar-refractivity contribution in [1.82, 2.24) is 0 Å². The minimum absolute atomic E-state index is 0.537. The number of nitriles is 1. The van der Waals surface area contributed by atoms with Crippen molar-refractivity contribution >= 4 is 25.7 Å². The fourth-order valence-corrected chi connectivity index (χ4v) is 2.67. The average molecular weight is 307 g/mol. The molecule has 0 saturated carbocycles. The fourth-order valence-electron chi connectivity index (χ4n) is 1.14. The molecule has 10 heteroatoms. The Morgan fingerprint density at radius 3 is 2.42 bits per heavy atom. The van der Waals surface area contributed by atoms with Gasteiger partial charge in [-0.15, -0.1) is 0 Å². The Hall–Kier alpha value is -1.70. The van der Waals surface area contributed by atoms with Crippen LogP contribution in [0.3, 0.4) is 0 Å². The standard InChI is InChI=1S/C9H10FN3O4S2/c1-6(5-11)19(16,17)13-8-4-7(10)2-3-9(8)18(12,14)15/h2-4,6,13H,1H3,(H2,12,14,15). The monoisotopic (exact) mass is 307 g/mol. The van der Waals surface area contributed by atoms with Crippen LogP contribution in [0.5, 0.6) is 0 Å². The van der Waals surface area contributed by atoms with Crippen molar-refractivity contribution < 1.29 is 21.2 Å². The van der Waals surface area contributed by atoms with Crippen LogP contribution in [0, 0.1) is 17.1 Å². The number of nitrogens with zero attached hydrogens (tertiary/aromatic N) is 1. The first kappa shape index (κ1) is 15.4. The van der Waals surface area contributed by atoms with Crippen molar-refractivity contribution in [2.45, 2.75) is 17.1 Å². The van der Waals surface area contributed by atoms with Crippen LogP contribution in [0.1, 0.15) is 6.92 Å². The van der Waals surface area contributed by atoms with Gasteiger partial charge in [0.2, 0.25) is 20.0 Å². The van der Waals surface area contributed by atoms with Gasteiger partial charge in [-0.3, -0.25) is 4.72 Å². The van der Waals surface area contributed by atoms with Gasteiger partial charge in [-0.25, -0.2) is 26.4 Å². The van der Waals surface area contributed by atoms with E-state index in [2.05, 4.69) is 0 Å². The molecule has 0 aliphatic carbocycles. The van der Waals surface area contributed by atoms with E-state index in [9.17, 15) is 21.2 Å². The first-order valence-electron chi connectivity index (χ1n) is 4.81. The van der Waals surface area contributed by atoms with Crippen molar-refractivity contribution in [1.29, 1.82) is 5.26 Å². The number of benzene rings is 1. The van der Waals surface area contributed by atoms with Gasteiger partial charge < -0.3 is 0 Å². The molecule has 0 aromatic heterocycles. The Balaban J connectivity index is 3.37. The Morgan fingerprint density at radius 1 is 1.37 bits per heavy atom. The summed E-state index contributed by atoms with van der Waals surface area (Å²) in [7, 11) is -8.39. The third-order valence-corrected chi connectivity index (χ3v) is 4.66. The zero-order valence-corrected chi connectivity index (χ0v) is 11.3. The highest BCUT2D eigenvalue weighted by atomic mass is 32.2. The summed E-state index contributed by atoms with van der Waals surface area (Å²) in [5.74, 6) is -0.852. The number of halogens is 1.